The normalized spacial score (nSPS) is 10.3. The van der Waals surface area contributed by atoms with Crippen molar-refractivity contribution in [3.8, 4) is 11.4 Å². The van der Waals surface area contributed by atoms with Gasteiger partial charge in [-0.05, 0) is 6.07 Å². The molecule has 0 amide bonds. The van der Waals surface area contributed by atoms with Gasteiger partial charge in [0.15, 0.2) is 0 Å². The Bertz CT molecular complexity index is 411. The minimum atomic E-state index is 0.438. The van der Waals surface area contributed by atoms with Gasteiger partial charge in [0.25, 0.3) is 0 Å². The molecule has 66 valence electrons. The molecule has 0 aliphatic carbocycles. The lowest BCUT2D eigenvalue weighted by molar-refractivity contribution is 1.27. The summed E-state index contributed by atoms with van der Waals surface area (Å²) in [5.74, 6) is 0. The van der Waals surface area contributed by atoms with Crippen LogP contribution in [-0.2, 0) is 0 Å². The average Bonchev–Trinajstić information content (AvgIpc) is 2.62. The van der Waals surface area contributed by atoms with E-state index in [0.717, 1.165) is 5.69 Å². The fourth-order valence-corrected chi connectivity index (χ4v) is 1.35. The molecule has 0 bridgehead atoms. The number of pyridine rings is 1. The smallest absolute Gasteiger partial charge is 0.108 e. The number of aromatic nitrogens is 3. The first kappa shape index (κ1) is 8.53. The van der Waals surface area contributed by atoms with E-state index in [2.05, 4.69) is 15.0 Å². The maximum absolute atomic E-state index is 5.94. The van der Waals surface area contributed by atoms with E-state index in [9.17, 15) is 0 Å². The highest BCUT2D eigenvalue weighted by atomic mass is 35.5. The van der Waals surface area contributed by atoms with Crippen LogP contribution in [0.2, 0.25) is 10.0 Å². The van der Waals surface area contributed by atoms with Gasteiger partial charge in [0.1, 0.15) is 5.69 Å². The summed E-state index contributed by atoms with van der Waals surface area (Å²) in [7, 11) is 0. The number of imidazole rings is 1. The predicted molar refractivity (Wildman–Crippen MR) is 51.8 cm³/mol. The molecule has 0 aromatic carbocycles. The molecule has 0 saturated carbocycles. The summed E-state index contributed by atoms with van der Waals surface area (Å²) >= 11 is 11.8. The van der Waals surface area contributed by atoms with E-state index in [1.165, 1.54) is 0 Å². The molecule has 0 aliphatic rings. The van der Waals surface area contributed by atoms with Crippen molar-refractivity contribution in [1.29, 1.82) is 0 Å². The highest BCUT2D eigenvalue weighted by Crippen LogP contribution is 2.29. The van der Waals surface area contributed by atoms with Gasteiger partial charge in [-0.25, -0.2) is 4.98 Å². The van der Waals surface area contributed by atoms with Gasteiger partial charge in [0.05, 0.1) is 28.3 Å². The fraction of sp³-hybridized carbons (Fsp3) is 0. The van der Waals surface area contributed by atoms with Crippen LogP contribution in [0.25, 0.3) is 11.4 Å². The molecule has 2 heterocycles. The Morgan fingerprint density at radius 3 is 2.85 bits per heavy atom. The zero-order valence-corrected chi connectivity index (χ0v) is 7.97. The summed E-state index contributed by atoms with van der Waals surface area (Å²) in [6.45, 7) is 0. The topological polar surface area (TPSA) is 41.6 Å². The molecule has 2 aromatic rings. The second kappa shape index (κ2) is 3.36. The Hall–Kier alpha value is -1.06. The first-order chi connectivity index (χ1) is 6.29. The van der Waals surface area contributed by atoms with Crippen molar-refractivity contribution in [3.63, 3.8) is 0 Å². The minimum absolute atomic E-state index is 0.438. The minimum Gasteiger partial charge on any atom is -0.343 e. The summed E-state index contributed by atoms with van der Waals surface area (Å²) in [5.41, 5.74) is 1.37. The van der Waals surface area contributed by atoms with Crippen molar-refractivity contribution in [1.82, 2.24) is 15.0 Å². The van der Waals surface area contributed by atoms with E-state index < -0.39 is 0 Å². The molecule has 0 unspecified atom stereocenters. The molecule has 2 rings (SSSR count). The fourth-order valence-electron chi connectivity index (χ4n) is 0.993. The number of H-pyrrole nitrogens is 1. The quantitative estimate of drug-likeness (QED) is 0.792. The highest BCUT2D eigenvalue weighted by Gasteiger charge is 2.08. The van der Waals surface area contributed by atoms with Crippen molar-refractivity contribution < 1.29 is 0 Å². The van der Waals surface area contributed by atoms with Gasteiger partial charge in [-0.2, -0.15) is 0 Å². The van der Waals surface area contributed by atoms with E-state index >= 15 is 0 Å². The van der Waals surface area contributed by atoms with E-state index in [4.69, 9.17) is 23.2 Å². The first-order valence-corrected chi connectivity index (χ1v) is 4.33. The summed E-state index contributed by atoms with van der Waals surface area (Å²) < 4.78 is 0. The second-order valence-electron chi connectivity index (χ2n) is 2.42. The molecular formula is C8H5Cl2N3. The van der Waals surface area contributed by atoms with Crippen molar-refractivity contribution >= 4 is 23.2 Å². The number of rotatable bonds is 1. The molecule has 5 heteroatoms. The zero-order chi connectivity index (χ0) is 9.26. The summed E-state index contributed by atoms with van der Waals surface area (Å²) in [5, 5.41) is 0.926. The Morgan fingerprint density at radius 2 is 2.15 bits per heavy atom. The maximum Gasteiger partial charge on any atom is 0.108 e. The second-order valence-corrected chi connectivity index (χ2v) is 3.21. The summed E-state index contributed by atoms with van der Waals surface area (Å²) in [6.07, 6.45) is 4.81. The highest BCUT2D eigenvalue weighted by molar-refractivity contribution is 6.43. The Kier molecular flexibility index (Phi) is 2.20. The Balaban J connectivity index is 2.59. The average molecular weight is 214 g/mol. The van der Waals surface area contributed by atoms with Crippen LogP contribution in [-0.4, -0.2) is 15.0 Å². The molecule has 0 saturated heterocycles. The lowest BCUT2D eigenvalue weighted by Gasteiger charge is -2.00. The van der Waals surface area contributed by atoms with Crippen molar-refractivity contribution in [2.75, 3.05) is 0 Å². The molecule has 0 aliphatic heterocycles. The number of nitrogens with zero attached hydrogens (tertiary/aromatic N) is 2. The van der Waals surface area contributed by atoms with E-state index in [1.54, 1.807) is 24.8 Å². The van der Waals surface area contributed by atoms with Crippen molar-refractivity contribution in [2.45, 2.75) is 0 Å². The zero-order valence-electron chi connectivity index (χ0n) is 6.46. The third-order valence-corrected chi connectivity index (χ3v) is 2.39. The van der Waals surface area contributed by atoms with Crippen LogP contribution in [0, 0.1) is 0 Å². The van der Waals surface area contributed by atoms with Crippen LogP contribution in [0.5, 0.6) is 0 Å². The molecule has 3 nitrogen and oxygen atoms in total. The molecule has 1 N–H and O–H groups in total. The van der Waals surface area contributed by atoms with Crippen LogP contribution in [0.4, 0.5) is 0 Å². The number of hydrogen-bond donors (Lipinski definition) is 1. The Morgan fingerprint density at radius 1 is 1.31 bits per heavy atom. The number of aromatic amines is 1. The van der Waals surface area contributed by atoms with Crippen LogP contribution in [0.1, 0.15) is 0 Å². The van der Waals surface area contributed by atoms with Gasteiger partial charge < -0.3 is 4.98 Å². The van der Waals surface area contributed by atoms with Crippen LogP contribution in [0.3, 0.4) is 0 Å². The lowest BCUT2D eigenvalue weighted by Crippen LogP contribution is -1.84. The largest absolute Gasteiger partial charge is 0.343 e. The Labute approximate surface area is 84.7 Å². The standard InChI is InChI=1S/C8H5Cl2N3/c9-5-1-2-12-8(7(5)10)6-3-11-4-13-6/h1-4H,(H,11,13). The third kappa shape index (κ3) is 1.53. The van der Waals surface area contributed by atoms with Crippen LogP contribution < -0.4 is 0 Å². The molecule has 0 radical (unpaired) electrons. The predicted octanol–water partition coefficient (Wildman–Crippen LogP) is 2.78. The van der Waals surface area contributed by atoms with Crippen LogP contribution in [0.15, 0.2) is 24.8 Å². The van der Waals surface area contributed by atoms with Crippen LogP contribution >= 0.6 is 23.2 Å². The summed E-state index contributed by atoms with van der Waals surface area (Å²) in [4.78, 5) is 10.9. The van der Waals surface area contributed by atoms with Crippen molar-refractivity contribution in [3.05, 3.63) is 34.8 Å². The van der Waals surface area contributed by atoms with Crippen molar-refractivity contribution in [2.24, 2.45) is 0 Å². The molecule has 0 fully saturated rings. The van der Waals surface area contributed by atoms with Gasteiger partial charge in [0, 0.05) is 6.20 Å². The SMILES string of the molecule is Clc1ccnc(-c2cnc[nH]2)c1Cl. The van der Waals surface area contributed by atoms with Gasteiger partial charge in [0.2, 0.25) is 0 Å². The summed E-state index contributed by atoms with van der Waals surface area (Å²) in [6, 6.07) is 1.64. The number of nitrogens with one attached hydrogen (secondary N) is 1. The molecule has 0 atom stereocenters. The van der Waals surface area contributed by atoms with E-state index in [0.29, 0.717) is 15.7 Å². The first-order valence-electron chi connectivity index (χ1n) is 3.58. The molecule has 0 spiro atoms. The molecular weight excluding hydrogens is 209 g/mol. The van der Waals surface area contributed by atoms with Gasteiger partial charge in [-0.15, -0.1) is 0 Å². The monoisotopic (exact) mass is 213 g/mol. The van der Waals surface area contributed by atoms with E-state index in [-0.39, 0.29) is 0 Å². The maximum atomic E-state index is 5.94. The third-order valence-electron chi connectivity index (χ3n) is 1.60. The molecule has 13 heavy (non-hydrogen) atoms. The van der Waals surface area contributed by atoms with Gasteiger partial charge >= 0.3 is 0 Å². The van der Waals surface area contributed by atoms with Gasteiger partial charge in [-0.1, -0.05) is 23.2 Å². The van der Waals surface area contributed by atoms with E-state index in [1.807, 2.05) is 0 Å². The molecule has 2 aromatic heterocycles. The number of halogens is 2. The number of hydrogen-bond acceptors (Lipinski definition) is 2. The van der Waals surface area contributed by atoms with Gasteiger partial charge in [-0.3, -0.25) is 4.98 Å². The lowest BCUT2D eigenvalue weighted by atomic mass is 10.3.